The molecule has 0 saturated carbocycles. The topological polar surface area (TPSA) is 52.6 Å². The lowest BCUT2D eigenvalue weighted by Gasteiger charge is -2.37. The molecule has 0 spiro atoms. The van der Waals surface area contributed by atoms with Crippen molar-refractivity contribution in [2.45, 2.75) is 50.4 Å². The zero-order valence-corrected chi connectivity index (χ0v) is 11.0. The first-order chi connectivity index (χ1) is 9.24. The zero-order valence-electron chi connectivity index (χ0n) is 11.0. The van der Waals surface area contributed by atoms with E-state index in [2.05, 4.69) is 17.4 Å². The number of piperidine rings is 1. The van der Waals surface area contributed by atoms with E-state index in [1.54, 1.807) is 4.90 Å². The Balaban J connectivity index is 1.57. The summed E-state index contributed by atoms with van der Waals surface area (Å²) in [6.07, 6.45) is 3.22. The molecular formula is C15H20N2O2. The third kappa shape index (κ3) is 2.59. The van der Waals surface area contributed by atoms with Gasteiger partial charge in [-0.2, -0.15) is 0 Å². The Kier molecular flexibility index (Phi) is 3.42. The van der Waals surface area contributed by atoms with E-state index >= 15 is 0 Å². The monoisotopic (exact) mass is 260 g/mol. The Bertz CT molecular complexity index is 435. The van der Waals surface area contributed by atoms with Crippen molar-refractivity contribution in [1.82, 2.24) is 10.2 Å². The van der Waals surface area contributed by atoms with E-state index in [1.165, 1.54) is 5.56 Å². The number of rotatable bonds is 3. The number of nitrogens with one attached hydrogen (secondary N) is 1. The van der Waals surface area contributed by atoms with Crippen LogP contribution in [-0.4, -0.2) is 34.2 Å². The number of hydrogen-bond acceptors (Lipinski definition) is 2. The number of nitrogens with zero attached hydrogens (tertiary/aromatic N) is 1. The summed E-state index contributed by atoms with van der Waals surface area (Å²) in [6, 6.07) is 11.3. The van der Waals surface area contributed by atoms with Gasteiger partial charge in [0.1, 0.15) is 0 Å². The lowest BCUT2D eigenvalue weighted by Crippen LogP contribution is -2.50. The van der Waals surface area contributed by atoms with Gasteiger partial charge < -0.3 is 15.3 Å². The van der Waals surface area contributed by atoms with Crippen molar-refractivity contribution >= 4 is 6.09 Å². The molecule has 2 saturated heterocycles. The molecule has 1 aromatic carbocycles. The molecule has 0 aliphatic carbocycles. The van der Waals surface area contributed by atoms with Crippen molar-refractivity contribution in [1.29, 1.82) is 0 Å². The predicted molar refractivity (Wildman–Crippen MR) is 73.0 cm³/mol. The van der Waals surface area contributed by atoms with Crippen LogP contribution in [0.15, 0.2) is 30.3 Å². The summed E-state index contributed by atoms with van der Waals surface area (Å²) in [5.74, 6) is 0. The highest BCUT2D eigenvalue weighted by molar-refractivity contribution is 5.66. The molecule has 3 atom stereocenters. The highest BCUT2D eigenvalue weighted by Gasteiger charge is 2.43. The predicted octanol–water partition coefficient (Wildman–Crippen LogP) is 2.45. The van der Waals surface area contributed by atoms with Crippen LogP contribution in [0.1, 0.15) is 31.2 Å². The summed E-state index contributed by atoms with van der Waals surface area (Å²) in [6.45, 7) is 0.873. The Morgan fingerprint density at radius 3 is 2.42 bits per heavy atom. The van der Waals surface area contributed by atoms with Crippen molar-refractivity contribution in [3.05, 3.63) is 35.9 Å². The molecule has 102 valence electrons. The van der Waals surface area contributed by atoms with Crippen LogP contribution < -0.4 is 5.32 Å². The molecule has 0 aromatic heterocycles. The summed E-state index contributed by atoms with van der Waals surface area (Å²) >= 11 is 0. The lowest BCUT2D eigenvalue weighted by atomic mass is 9.97. The van der Waals surface area contributed by atoms with E-state index < -0.39 is 6.09 Å². The van der Waals surface area contributed by atoms with Crippen molar-refractivity contribution < 1.29 is 9.90 Å². The van der Waals surface area contributed by atoms with Gasteiger partial charge >= 0.3 is 6.09 Å². The fraction of sp³-hybridized carbons (Fsp3) is 0.533. The van der Waals surface area contributed by atoms with Crippen LogP contribution in [0, 0.1) is 0 Å². The maximum atomic E-state index is 11.2. The molecule has 2 N–H and O–H groups in total. The largest absolute Gasteiger partial charge is 0.465 e. The van der Waals surface area contributed by atoms with Crippen LogP contribution in [0.3, 0.4) is 0 Å². The molecule has 0 unspecified atom stereocenters. The third-order valence-corrected chi connectivity index (χ3v) is 4.39. The molecule has 4 heteroatoms. The van der Waals surface area contributed by atoms with Gasteiger partial charge in [-0.15, -0.1) is 0 Å². The van der Waals surface area contributed by atoms with E-state index in [0.29, 0.717) is 6.04 Å². The third-order valence-electron chi connectivity index (χ3n) is 4.39. The minimum atomic E-state index is -0.742. The molecule has 2 fully saturated rings. The first-order valence-corrected chi connectivity index (χ1v) is 7.02. The minimum absolute atomic E-state index is 0.226. The highest BCUT2D eigenvalue weighted by atomic mass is 16.4. The van der Waals surface area contributed by atoms with Crippen LogP contribution in [-0.2, 0) is 6.54 Å². The molecule has 1 aromatic rings. The van der Waals surface area contributed by atoms with Gasteiger partial charge in [0.2, 0.25) is 0 Å². The van der Waals surface area contributed by atoms with Crippen LogP contribution in [0.25, 0.3) is 0 Å². The lowest BCUT2D eigenvalue weighted by molar-refractivity contribution is 0.0919. The Morgan fingerprint density at radius 1 is 1.21 bits per heavy atom. The Labute approximate surface area is 113 Å². The molecular weight excluding hydrogens is 240 g/mol. The second-order valence-electron chi connectivity index (χ2n) is 5.61. The molecule has 2 aliphatic heterocycles. The first kappa shape index (κ1) is 12.5. The molecule has 2 bridgehead atoms. The summed E-state index contributed by atoms with van der Waals surface area (Å²) in [5.41, 5.74) is 1.29. The molecule has 1 amide bonds. The first-order valence-electron chi connectivity index (χ1n) is 7.02. The van der Waals surface area contributed by atoms with Gasteiger partial charge in [-0.3, -0.25) is 0 Å². The van der Waals surface area contributed by atoms with Gasteiger partial charge in [-0.25, -0.2) is 4.79 Å². The van der Waals surface area contributed by atoms with E-state index in [-0.39, 0.29) is 12.1 Å². The number of fused-ring (bicyclic) bond motifs is 2. The average Bonchev–Trinajstić information content (AvgIpc) is 2.70. The molecule has 3 rings (SSSR count). The highest BCUT2D eigenvalue weighted by Crippen LogP contribution is 2.35. The van der Waals surface area contributed by atoms with Crippen LogP contribution in [0.5, 0.6) is 0 Å². The molecule has 2 heterocycles. The van der Waals surface area contributed by atoms with Gasteiger partial charge in [0.15, 0.2) is 0 Å². The fourth-order valence-corrected chi connectivity index (χ4v) is 3.51. The second-order valence-corrected chi connectivity index (χ2v) is 5.61. The number of hydrogen-bond donors (Lipinski definition) is 2. The van der Waals surface area contributed by atoms with Crippen LogP contribution >= 0.6 is 0 Å². The minimum Gasteiger partial charge on any atom is -0.465 e. The number of amides is 1. The van der Waals surface area contributed by atoms with Gasteiger partial charge in [0, 0.05) is 24.7 Å². The van der Waals surface area contributed by atoms with Gasteiger partial charge in [0.05, 0.1) is 0 Å². The molecule has 0 radical (unpaired) electrons. The van der Waals surface area contributed by atoms with Crippen molar-refractivity contribution in [3.63, 3.8) is 0 Å². The fourth-order valence-electron chi connectivity index (χ4n) is 3.51. The van der Waals surface area contributed by atoms with Crippen molar-refractivity contribution in [2.75, 3.05) is 0 Å². The summed E-state index contributed by atoms with van der Waals surface area (Å²) in [5, 5.41) is 12.8. The maximum absolute atomic E-state index is 11.2. The van der Waals surface area contributed by atoms with E-state index in [0.717, 1.165) is 32.2 Å². The Hall–Kier alpha value is -1.55. The SMILES string of the molecule is O=C(O)N1[C@@H]2CC[C@H]1C[C@@H](NCc1ccccc1)C2. The van der Waals surface area contributed by atoms with Gasteiger partial charge in [-0.05, 0) is 31.2 Å². The van der Waals surface area contributed by atoms with Crippen LogP contribution in [0.2, 0.25) is 0 Å². The molecule has 4 nitrogen and oxygen atoms in total. The summed E-state index contributed by atoms with van der Waals surface area (Å²) < 4.78 is 0. The smallest absolute Gasteiger partial charge is 0.407 e. The second kappa shape index (κ2) is 5.21. The zero-order chi connectivity index (χ0) is 13.2. The van der Waals surface area contributed by atoms with Crippen LogP contribution in [0.4, 0.5) is 4.79 Å². The number of benzene rings is 1. The van der Waals surface area contributed by atoms with Gasteiger partial charge in [-0.1, -0.05) is 30.3 Å². The maximum Gasteiger partial charge on any atom is 0.407 e. The van der Waals surface area contributed by atoms with E-state index in [1.807, 2.05) is 18.2 Å². The molecule has 2 aliphatic rings. The van der Waals surface area contributed by atoms with E-state index in [4.69, 9.17) is 0 Å². The van der Waals surface area contributed by atoms with Crippen molar-refractivity contribution in [2.24, 2.45) is 0 Å². The summed E-state index contributed by atoms with van der Waals surface area (Å²) in [7, 11) is 0. The quantitative estimate of drug-likeness (QED) is 0.877. The average molecular weight is 260 g/mol. The Morgan fingerprint density at radius 2 is 1.84 bits per heavy atom. The standard InChI is InChI=1S/C15H20N2O2/c18-15(19)17-13-6-7-14(17)9-12(8-13)16-10-11-4-2-1-3-5-11/h1-5,12-14,16H,6-10H2,(H,18,19)/t12-,13+,14-. The number of carbonyl (C=O) groups is 1. The van der Waals surface area contributed by atoms with Gasteiger partial charge in [0.25, 0.3) is 0 Å². The number of carboxylic acid groups (broad SMARTS) is 1. The summed E-state index contributed by atoms with van der Waals surface area (Å²) in [4.78, 5) is 12.9. The molecule has 19 heavy (non-hydrogen) atoms. The van der Waals surface area contributed by atoms with E-state index in [9.17, 15) is 9.90 Å². The van der Waals surface area contributed by atoms with Crippen molar-refractivity contribution in [3.8, 4) is 0 Å². The normalized spacial score (nSPS) is 29.5.